The van der Waals surface area contributed by atoms with E-state index in [-0.39, 0.29) is 11.9 Å². The lowest BCUT2D eigenvalue weighted by atomic mass is 9.97. The second kappa shape index (κ2) is 6.98. The Morgan fingerprint density at radius 3 is 2.38 bits per heavy atom. The van der Waals surface area contributed by atoms with Crippen molar-refractivity contribution in [2.75, 3.05) is 26.3 Å². The molecule has 1 atom stereocenters. The van der Waals surface area contributed by atoms with Crippen molar-refractivity contribution in [3.8, 4) is 5.88 Å². The van der Waals surface area contributed by atoms with E-state index in [0.29, 0.717) is 25.0 Å². The van der Waals surface area contributed by atoms with E-state index in [4.69, 9.17) is 4.74 Å². The molecule has 0 amide bonds. The van der Waals surface area contributed by atoms with Crippen LogP contribution in [0.25, 0.3) is 4.96 Å². The molecule has 0 unspecified atom stereocenters. The zero-order valence-electron chi connectivity index (χ0n) is 15.3. The number of hydrogen-bond acceptors (Lipinski definition) is 6. The van der Waals surface area contributed by atoms with Crippen LogP contribution in [0.2, 0.25) is 0 Å². The van der Waals surface area contributed by atoms with Gasteiger partial charge in [-0.2, -0.15) is 4.52 Å². The maximum absolute atomic E-state index is 10.8. The van der Waals surface area contributed by atoms with Crippen molar-refractivity contribution < 1.29 is 9.84 Å². The first kappa shape index (κ1) is 17.5. The largest absolute Gasteiger partial charge is 0.492 e. The Bertz CT molecular complexity index is 894. The number of rotatable bonds is 4. The molecule has 1 aliphatic heterocycles. The van der Waals surface area contributed by atoms with Crippen LogP contribution in [0.3, 0.4) is 0 Å². The smallest absolute Gasteiger partial charge is 0.230 e. The number of thiazole rings is 1. The molecule has 3 heterocycles. The maximum atomic E-state index is 10.8. The molecule has 0 aliphatic carbocycles. The molecule has 138 valence electrons. The Morgan fingerprint density at radius 1 is 1.12 bits per heavy atom. The zero-order valence-corrected chi connectivity index (χ0v) is 16.2. The van der Waals surface area contributed by atoms with Crippen LogP contribution in [0.5, 0.6) is 5.88 Å². The third kappa shape index (κ3) is 3.11. The van der Waals surface area contributed by atoms with Crippen molar-refractivity contribution in [3.63, 3.8) is 0 Å². The van der Waals surface area contributed by atoms with Crippen LogP contribution in [0, 0.1) is 6.92 Å². The average molecular weight is 372 g/mol. The first-order chi connectivity index (χ1) is 12.5. The Morgan fingerprint density at radius 2 is 1.77 bits per heavy atom. The van der Waals surface area contributed by atoms with Gasteiger partial charge in [0.25, 0.3) is 0 Å². The molecule has 7 heteroatoms. The molecule has 1 aromatic carbocycles. The highest BCUT2D eigenvalue weighted by Crippen LogP contribution is 2.40. The van der Waals surface area contributed by atoms with Crippen molar-refractivity contribution in [1.82, 2.24) is 19.5 Å². The van der Waals surface area contributed by atoms with E-state index in [9.17, 15) is 5.11 Å². The molecule has 26 heavy (non-hydrogen) atoms. The summed E-state index contributed by atoms with van der Waals surface area (Å²) in [4.78, 5) is 8.40. The highest BCUT2D eigenvalue weighted by molar-refractivity contribution is 7.17. The van der Waals surface area contributed by atoms with Gasteiger partial charge in [0.15, 0.2) is 0 Å². The van der Waals surface area contributed by atoms with Crippen LogP contribution in [-0.4, -0.2) is 50.9 Å². The summed E-state index contributed by atoms with van der Waals surface area (Å²) < 4.78 is 7.08. The minimum absolute atomic E-state index is 0.0195. The lowest BCUT2D eigenvalue weighted by Crippen LogP contribution is -2.39. The summed E-state index contributed by atoms with van der Waals surface area (Å²) in [6.45, 7) is 9.32. The molecule has 1 N–H and O–H groups in total. The minimum atomic E-state index is -0.0195. The highest BCUT2D eigenvalue weighted by atomic mass is 32.1. The molecule has 4 rings (SSSR count). The zero-order chi connectivity index (χ0) is 18.3. The van der Waals surface area contributed by atoms with Gasteiger partial charge in [-0.3, -0.25) is 4.90 Å². The number of benzene rings is 1. The topological polar surface area (TPSA) is 62.9 Å². The molecule has 0 spiro atoms. The van der Waals surface area contributed by atoms with Crippen molar-refractivity contribution in [3.05, 3.63) is 46.1 Å². The predicted octanol–water partition coefficient (Wildman–Crippen LogP) is 3.35. The summed E-state index contributed by atoms with van der Waals surface area (Å²) >= 11 is 1.51. The van der Waals surface area contributed by atoms with Crippen LogP contribution >= 0.6 is 11.3 Å². The quantitative estimate of drug-likeness (QED) is 0.761. The van der Waals surface area contributed by atoms with Gasteiger partial charge < -0.3 is 9.84 Å². The molecule has 1 aliphatic rings. The van der Waals surface area contributed by atoms with E-state index in [1.54, 1.807) is 4.52 Å². The van der Waals surface area contributed by atoms with Gasteiger partial charge >= 0.3 is 0 Å². The molecular formula is C19H24N4O2S. The number of nitrogens with zero attached hydrogens (tertiary/aromatic N) is 4. The van der Waals surface area contributed by atoms with Crippen LogP contribution < -0.4 is 0 Å². The van der Waals surface area contributed by atoms with E-state index >= 15 is 0 Å². The molecule has 1 saturated heterocycles. The summed E-state index contributed by atoms with van der Waals surface area (Å²) in [5, 5.41) is 15.1. The number of ether oxygens (including phenoxy) is 1. The second-order valence-corrected chi connectivity index (χ2v) is 8.02. The van der Waals surface area contributed by atoms with Gasteiger partial charge in [0.2, 0.25) is 10.8 Å². The Balaban J connectivity index is 1.78. The normalized spacial score (nSPS) is 17.2. The van der Waals surface area contributed by atoms with Crippen molar-refractivity contribution in [2.24, 2.45) is 0 Å². The molecule has 0 saturated carbocycles. The van der Waals surface area contributed by atoms with Crippen molar-refractivity contribution >= 4 is 16.3 Å². The first-order valence-electron chi connectivity index (χ1n) is 9.01. The maximum Gasteiger partial charge on any atom is 0.230 e. The van der Waals surface area contributed by atoms with E-state index in [1.807, 2.05) is 6.92 Å². The summed E-state index contributed by atoms with van der Waals surface area (Å²) in [5.41, 5.74) is 2.49. The third-order valence-corrected chi connectivity index (χ3v) is 5.96. The predicted molar refractivity (Wildman–Crippen MR) is 102 cm³/mol. The Hall–Kier alpha value is -1.96. The van der Waals surface area contributed by atoms with Crippen LogP contribution in [0.4, 0.5) is 0 Å². The summed E-state index contributed by atoms with van der Waals surface area (Å²) in [5.74, 6) is 1.36. The Kier molecular flexibility index (Phi) is 4.69. The highest BCUT2D eigenvalue weighted by Gasteiger charge is 2.30. The third-order valence-electron chi connectivity index (χ3n) is 4.88. The van der Waals surface area contributed by atoms with Gasteiger partial charge in [0.05, 0.1) is 24.1 Å². The average Bonchev–Trinajstić information content (AvgIpc) is 3.14. The number of fused-ring (bicyclic) bond motifs is 1. The number of morpholine rings is 1. The van der Waals surface area contributed by atoms with E-state index in [1.165, 1.54) is 22.5 Å². The lowest BCUT2D eigenvalue weighted by Gasteiger charge is -2.34. The van der Waals surface area contributed by atoms with Gasteiger partial charge in [0, 0.05) is 13.1 Å². The lowest BCUT2D eigenvalue weighted by molar-refractivity contribution is 0.0241. The van der Waals surface area contributed by atoms with E-state index < -0.39 is 0 Å². The minimum Gasteiger partial charge on any atom is -0.492 e. The molecule has 6 nitrogen and oxygen atoms in total. The molecule has 2 aromatic heterocycles. The molecule has 0 bridgehead atoms. The fraction of sp³-hybridized carbons (Fsp3) is 0.474. The van der Waals surface area contributed by atoms with Crippen molar-refractivity contribution in [1.29, 1.82) is 0 Å². The number of hydrogen-bond donors (Lipinski definition) is 1. The summed E-state index contributed by atoms with van der Waals surface area (Å²) in [7, 11) is 0. The van der Waals surface area contributed by atoms with Gasteiger partial charge in [-0.1, -0.05) is 49.4 Å². The van der Waals surface area contributed by atoms with Gasteiger partial charge in [-0.05, 0) is 24.0 Å². The van der Waals surface area contributed by atoms with Gasteiger partial charge in [-0.25, -0.2) is 4.98 Å². The molecule has 3 aromatic rings. The number of aromatic nitrogens is 3. The first-order valence-corrected chi connectivity index (χ1v) is 9.83. The summed E-state index contributed by atoms with van der Waals surface area (Å²) in [6, 6.07) is 8.71. The van der Waals surface area contributed by atoms with Gasteiger partial charge in [-0.15, -0.1) is 5.10 Å². The standard InChI is InChI=1S/C19H24N4O2S/c1-12(2)14-4-6-15(7-5-14)16(22-8-10-25-11-9-22)17-18(24)23-19(26-17)20-13(3)21-23/h4-7,12,16,24H,8-11H2,1-3H3/t16-/m1/s1. The Labute approximate surface area is 157 Å². The van der Waals surface area contributed by atoms with E-state index in [2.05, 4.69) is 53.1 Å². The second-order valence-electron chi connectivity index (χ2n) is 7.02. The monoisotopic (exact) mass is 372 g/mol. The van der Waals surface area contributed by atoms with E-state index in [0.717, 1.165) is 22.9 Å². The van der Waals surface area contributed by atoms with Crippen LogP contribution in [-0.2, 0) is 4.74 Å². The SMILES string of the molecule is Cc1nc2sc([C@@H](c3ccc(C(C)C)cc3)N3CCOCC3)c(O)n2n1. The van der Waals surface area contributed by atoms with Gasteiger partial charge in [0.1, 0.15) is 5.82 Å². The fourth-order valence-electron chi connectivity index (χ4n) is 3.45. The molecule has 1 fully saturated rings. The fourth-order valence-corrected chi connectivity index (χ4v) is 4.62. The number of aryl methyl sites for hydroxylation is 1. The van der Waals surface area contributed by atoms with Crippen LogP contribution in [0.15, 0.2) is 24.3 Å². The van der Waals surface area contributed by atoms with Crippen LogP contribution in [0.1, 0.15) is 47.6 Å². The van der Waals surface area contributed by atoms with Crippen molar-refractivity contribution in [2.45, 2.75) is 32.7 Å². The summed E-state index contributed by atoms with van der Waals surface area (Å²) in [6.07, 6.45) is 0. The molecular weight excluding hydrogens is 348 g/mol. The number of aromatic hydroxyl groups is 1. The molecule has 0 radical (unpaired) electrons.